The van der Waals surface area contributed by atoms with E-state index in [1.54, 1.807) is 0 Å². The molecular formula is C8H4F4NO2-. The van der Waals surface area contributed by atoms with Crippen molar-refractivity contribution in [1.82, 2.24) is 0 Å². The Bertz CT molecular complexity index is 351. The van der Waals surface area contributed by atoms with Gasteiger partial charge in [0.15, 0.2) is 11.9 Å². The molecular weight excluding hydrogens is 218 g/mol. The van der Waals surface area contributed by atoms with E-state index in [-0.39, 0.29) is 0 Å². The Morgan fingerprint density at radius 1 is 1.33 bits per heavy atom. The molecule has 7 heteroatoms. The molecule has 82 valence electrons. The maximum Gasteiger partial charge on any atom is 0.441 e. The predicted molar refractivity (Wildman–Crippen MR) is 42.7 cm³/mol. The highest BCUT2D eigenvalue weighted by Gasteiger charge is 2.35. The molecule has 1 aliphatic rings. The van der Waals surface area contributed by atoms with E-state index in [1.165, 1.54) is 0 Å². The van der Waals surface area contributed by atoms with Crippen molar-refractivity contribution in [2.75, 3.05) is 0 Å². The second-order valence-electron chi connectivity index (χ2n) is 2.62. The normalized spacial score (nSPS) is 15.7. The van der Waals surface area contributed by atoms with Crippen LogP contribution in [-0.4, -0.2) is 11.1 Å². The lowest BCUT2D eigenvalue weighted by Crippen LogP contribution is -2.12. The minimum atomic E-state index is -5.07. The minimum absolute atomic E-state index is 0.395. The Hall–Kier alpha value is -1.79. The Morgan fingerprint density at radius 3 is 2.13 bits per heavy atom. The average molecular weight is 222 g/mol. The smallest absolute Gasteiger partial charge is 0.270 e. The summed E-state index contributed by atoms with van der Waals surface area (Å²) in [6, 6.07) is -0.395. The minimum Gasteiger partial charge on any atom is -0.270 e. The number of nitro groups is 1. The lowest BCUT2D eigenvalue weighted by atomic mass is 10.1. The SMILES string of the molecule is O=[N+]([O-])[C-]1C=CC(=C(F)C(F)(F)F)C=C1. The lowest BCUT2D eigenvalue weighted by molar-refractivity contribution is -0.448. The Labute approximate surface area is 81.5 Å². The van der Waals surface area contributed by atoms with E-state index in [1.807, 2.05) is 0 Å². The van der Waals surface area contributed by atoms with Crippen LogP contribution in [0.4, 0.5) is 17.6 Å². The van der Waals surface area contributed by atoms with Crippen molar-refractivity contribution in [2.24, 2.45) is 0 Å². The van der Waals surface area contributed by atoms with Gasteiger partial charge in [-0.2, -0.15) is 25.3 Å². The van der Waals surface area contributed by atoms with Crippen molar-refractivity contribution in [3.8, 4) is 0 Å². The zero-order valence-corrected chi connectivity index (χ0v) is 7.08. The van der Waals surface area contributed by atoms with Gasteiger partial charge in [-0.1, -0.05) is 17.7 Å². The first-order chi connectivity index (χ1) is 6.82. The fourth-order valence-electron chi connectivity index (χ4n) is 0.893. The van der Waals surface area contributed by atoms with Crippen molar-refractivity contribution in [1.29, 1.82) is 0 Å². The highest BCUT2D eigenvalue weighted by Crippen LogP contribution is 2.31. The van der Waals surface area contributed by atoms with Crippen LogP contribution < -0.4 is 0 Å². The summed E-state index contributed by atoms with van der Waals surface area (Å²) in [5.41, 5.74) is -0.729. The third-order valence-corrected chi connectivity index (χ3v) is 1.58. The van der Waals surface area contributed by atoms with E-state index >= 15 is 0 Å². The molecule has 1 aliphatic carbocycles. The van der Waals surface area contributed by atoms with Gasteiger partial charge in [-0.3, -0.25) is 10.1 Å². The Morgan fingerprint density at radius 2 is 1.80 bits per heavy atom. The third kappa shape index (κ3) is 2.58. The molecule has 15 heavy (non-hydrogen) atoms. The Balaban J connectivity index is 2.94. The molecule has 1 rings (SSSR count). The molecule has 3 nitrogen and oxygen atoms in total. The molecule has 0 aliphatic heterocycles. The van der Waals surface area contributed by atoms with Crippen LogP contribution in [0.2, 0.25) is 0 Å². The van der Waals surface area contributed by atoms with E-state index in [9.17, 15) is 27.7 Å². The van der Waals surface area contributed by atoms with Crippen LogP contribution in [0.1, 0.15) is 0 Å². The highest BCUT2D eigenvalue weighted by atomic mass is 19.4. The van der Waals surface area contributed by atoms with Gasteiger partial charge in [-0.15, -0.1) is 0 Å². The summed E-state index contributed by atoms with van der Waals surface area (Å²) in [6.07, 6.45) is -2.04. The second-order valence-corrected chi connectivity index (χ2v) is 2.62. The highest BCUT2D eigenvalue weighted by molar-refractivity contribution is 5.43. The summed E-state index contributed by atoms with van der Waals surface area (Å²) in [6.45, 7) is 0. The maximum absolute atomic E-state index is 12.6. The maximum atomic E-state index is 12.6. The molecule has 0 amide bonds. The lowest BCUT2D eigenvalue weighted by Gasteiger charge is -2.14. The van der Waals surface area contributed by atoms with Gasteiger partial charge >= 0.3 is 6.18 Å². The van der Waals surface area contributed by atoms with Gasteiger partial charge in [0, 0.05) is 4.92 Å². The van der Waals surface area contributed by atoms with E-state index in [0.717, 1.165) is 12.2 Å². The number of allylic oxidation sites excluding steroid dienone is 4. The molecule has 0 unspecified atom stereocenters. The van der Waals surface area contributed by atoms with E-state index in [0.29, 0.717) is 12.2 Å². The van der Waals surface area contributed by atoms with E-state index in [2.05, 4.69) is 0 Å². The molecule has 0 bridgehead atoms. The Kier molecular flexibility index (Phi) is 2.83. The van der Waals surface area contributed by atoms with Crippen LogP contribution in [0.15, 0.2) is 35.7 Å². The fraction of sp³-hybridized carbons (Fsp3) is 0.125. The average Bonchev–Trinajstić information content (AvgIpc) is 2.15. The van der Waals surface area contributed by atoms with Gasteiger partial charge < -0.3 is 0 Å². The van der Waals surface area contributed by atoms with Crippen LogP contribution in [0, 0.1) is 16.2 Å². The summed E-state index contributed by atoms with van der Waals surface area (Å²) in [4.78, 5) is 9.38. The summed E-state index contributed by atoms with van der Waals surface area (Å²) < 4.78 is 48.1. The van der Waals surface area contributed by atoms with Crippen molar-refractivity contribution >= 4 is 0 Å². The summed E-state index contributed by atoms with van der Waals surface area (Å²) in [7, 11) is 0. The van der Waals surface area contributed by atoms with Gasteiger partial charge in [0.1, 0.15) is 0 Å². The third-order valence-electron chi connectivity index (χ3n) is 1.58. The summed E-state index contributed by atoms with van der Waals surface area (Å²) >= 11 is 0. The standard InChI is InChI=1S/C8H4F4NO2/c9-7(8(10,11)12)5-1-3-6(4-2-5)13(14)15/h1-4H/q-1. The molecule has 0 aromatic rings. The fourth-order valence-corrected chi connectivity index (χ4v) is 0.893. The molecule has 0 fully saturated rings. The van der Waals surface area contributed by atoms with E-state index < -0.39 is 28.5 Å². The first-order valence-electron chi connectivity index (χ1n) is 3.67. The van der Waals surface area contributed by atoms with Crippen LogP contribution in [0.3, 0.4) is 0 Å². The van der Waals surface area contributed by atoms with Crippen molar-refractivity contribution < 1.29 is 22.5 Å². The van der Waals surface area contributed by atoms with Crippen LogP contribution >= 0.6 is 0 Å². The van der Waals surface area contributed by atoms with Crippen molar-refractivity contribution in [3.63, 3.8) is 0 Å². The van der Waals surface area contributed by atoms with Crippen LogP contribution in [0.5, 0.6) is 0 Å². The summed E-state index contributed by atoms with van der Waals surface area (Å²) in [5.74, 6) is -2.27. The number of halogens is 4. The van der Waals surface area contributed by atoms with Gasteiger partial charge in [-0.25, -0.2) is 4.39 Å². The van der Waals surface area contributed by atoms with Gasteiger partial charge in [0.2, 0.25) is 0 Å². The monoisotopic (exact) mass is 222 g/mol. The number of nitrogens with zero attached hydrogens (tertiary/aromatic N) is 1. The molecule has 0 aromatic carbocycles. The zero-order valence-electron chi connectivity index (χ0n) is 7.08. The second kappa shape index (κ2) is 3.76. The quantitative estimate of drug-likeness (QED) is 0.296. The molecule has 0 N–H and O–H groups in total. The molecule has 0 spiro atoms. The molecule has 0 radical (unpaired) electrons. The van der Waals surface area contributed by atoms with Crippen LogP contribution in [-0.2, 0) is 0 Å². The topological polar surface area (TPSA) is 43.1 Å². The van der Waals surface area contributed by atoms with Gasteiger partial charge in [0.05, 0.1) is 0 Å². The van der Waals surface area contributed by atoms with E-state index in [4.69, 9.17) is 0 Å². The summed E-state index contributed by atoms with van der Waals surface area (Å²) in [5, 5.41) is 10.2. The number of alkyl halides is 3. The zero-order chi connectivity index (χ0) is 11.6. The molecule has 0 saturated carbocycles. The van der Waals surface area contributed by atoms with Crippen molar-refractivity contribution in [3.05, 3.63) is 51.9 Å². The molecule has 0 saturated heterocycles. The number of hydrogen-bond donors (Lipinski definition) is 0. The molecule has 0 aromatic heterocycles. The number of hydrogen-bond acceptors (Lipinski definition) is 2. The molecule has 0 atom stereocenters. The number of rotatable bonds is 1. The predicted octanol–water partition coefficient (Wildman–Crippen LogP) is 2.71. The molecule has 0 heterocycles. The van der Waals surface area contributed by atoms with Gasteiger partial charge in [-0.05, 0) is 0 Å². The largest absolute Gasteiger partial charge is 0.441 e. The van der Waals surface area contributed by atoms with Gasteiger partial charge in [0.25, 0.3) is 0 Å². The first-order valence-corrected chi connectivity index (χ1v) is 3.67. The van der Waals surface area contributed by atoms with Crippen LogP contribution in [0.25, 0.3) is 0 Å². The van der Waals surface area contributed by atoms with Crippen molar-refractivity contribution in [2.45, 2.75) is 6.18 Å². The first kappa shape index (κ1) is 11.3.